The predicted octanol–water partition coefficient (Wildman–Crippen LogP) is 6.14. The van der Waals surface area contributed by atoms with Crippen LogP contribution in [-0.2, 0) is 17.1 Å². The largest absolute Gasteiger partial charge is 0.469 e. The predicted molar refractivity (Wildman–Crippen MR) is 151 cm³/mol. The first-order chi connectivity index (χ1) is 13.4. The van der Waals surface area contributed by atoms with E-state index in [2.05, 4.69) is 97.0 Å². The summed E-state index contributed by atoms with van der Waals surface area (Å²) in [5.41, 5.74) is 0.536. The Morgan fingerprint density at radius 1 is 0.742 bits per heavy atom. The molecule has 11 heteroatoms. The lowest BCUT2D eigenvalue weighted by Gasteiger charge is -2.49. The minimum absolute atomic E-state index is 0.0891. The van der Waals surface area contributed by atoms with E-state index in [0.29, 0.717) is 12.1 Å². The summed E-state index contributed by atoms with van der Waals surface area (Å²) in [6.45, 7) is 36.6. The molecule has 5 nitrogen and oxygen atoms in total. The minimum atomic E-state index is -2.94. The van der Waals surface area contributed by atoms with E-state index in [4.69, 9.17) is 12.3 Å². The van der Waals surface area contributed by atoms with Crippen LogP contribution in [0.5, 0.6) is 0 Å². The van der Waals surface area contributed by atoms with Crippen molar-refractivity contribution in [3.63, 3.8) is 0 Å². The van der Waals surface area contributed by atoms with Crippen molar-refractivity contribution in [2.75, 3.05) is 6.54 Å². The summed E-state index contributed by atoms with van der Waals surface area (Å²) in [5, 5.41) is 2.97. The Hall–Kier alpha value is 0.391. The van der Waals surface area contributed by atoms with E-state index in [-0.39, 0.29) is 5.91 Å². The van der Waals surface area contributed by atoms with Crippen LogP contribution in [0.15, 0.2) is 12.2 Å². The molecule has 0 aliphatic rings. The second-order valence-electron chi connectivity index (χ2n) is 12.8. The average Bonchev–Trinajstić information content (AvgIpc) is 2.46. The molecule has 0 aliphatic carbocycles. The van der Waals surface area contributed by atoms with Gasteiger partial charge in [0.25, 0.3) is 0 Å². The SMILES string of the molecule is C=C(C)C(=O)NCCC[Si](O[Si](C)(C)C)(O[Si](C)(C)[Si](C)(C)C)O[Si](C)(C)[Si](C)(C)C. The van der Waals surface area contributed by atoms with Crippen LogP contribution in [0.1, 0.15) is 13.3 Å². The fraction of sp³-hybridized carbons (Fsp3) is 0.850. The third-order valence-electron chi connectivity index (χ3n) is 6.23. The smallest absolute Gasteiger partial charge is 0.419 e. The first kappa shape index (κ1) is 31.4. The van der Waals surface area contributed by atoms with Crippen molar-refractivity contribution in [2.24, 2.45) is 0 Å². The van der Waals surface area contributed by atoms with Crippen molar-refractivity contribution in [1.82, 2.24) is 5.32 Å². The number of rotatable bonds is 13. The molecule has 0 rings (SSSR count). The normalized spacial score (nSPS) is 14.5. The molecule has 0 aromatic rings. The molecule has 0 unspecified atom stereocenters. The quantitative estimate of drug-likeness (QED) is 0.174. The van der Waals surface area contributed by atoms with Crippen molar-refractivity contribution >= 4 is 53.9 Å². The highest BCUT2D eigenvalue weighted by Crippen LogP contribution is 2.35. The summed E-state index contributed by atoms with van der Waals surface area (Å²) in [6, 6.07) is 0.759. The summed E-state index contributed by atoms with van der Waals surface area (Å²) in [5.74, 6) is -0.0891. The zero-order valence-corrected chi connectivity index (χ0v) is 29.0. The molecular formula is C20H51NO4Si6. The monoisotopic (exact) mass is 537 g/mol. The van der Waals surface area contributed by atoms with Crippen molar-refractivity contribution in [2.45, 2.75) is 104 Å². The van der Waals surface area contributed by atoms with Crippen LogP contribution in [0.3, 0.4) is 0 Å². The van der Waals surface area contributed by atoms with Gasteiger partial charge < -0.3 is 17.7 Å². The van der Waals surface area contributed by atoms with Crippen LogP contribution >= 0.6 is 0 Å². The van der Waals surface area contributed by atoms with E-state index < -0.39 is 48.0 Å². The number of carbonyl (C=O) groups excluding carboxylic acids is 1. The zero-order chi connectivity index (χ0) is 25.1. The molecular weight excluding hydrogens is 487 g/mol. The molecule has 0 aromatic heterocycles. The standard InChI is InChI=1S/C20H51NO4Si6/c1-19(2)20(22)21-17-16-18-31(23-26(3,4)5,24-29(12,13)27(6,7)8)25-30(14,15)28(9,10)11/h1,16-18H2,2-15H3,(H,21,22). The van der Waals surface area contributed by atoms with Crippen LogP contribution in [0.2, 0.25) is 91.2 Å². The van der Waals surface area contributed by atoms with Crippen LogP contribution < -0.4 is 5.32 Å². The number of hydrogen-bond acceptors (Lipinski definition) is 4. The third-order valence-corrected chi connectivity index (χ3v) is 48.2. The van der Waals surface area contributed by atoms with Gasteiger partial charge in [-0.3, -0.25) is 4.79 Å². The molecule has 0 atom stereocenters. The fourth-order valence-corrected chi connectivity index (χ4v) is 26.6. The Kier molecular flexibility index (Phi) is 10.9. The van der Waals surface area contributed by atoms with E-state index in [1.165, 1.54) is 0 Å². The van der Waals surface area contributed by atoms with Gasteiger partial charge in [-0.15, -0.1) is 0 Å². The maximum atomic E-state index is 12.0. The van der Waals surface area contributed by atoms with Gasteiger partial charge in [-0.2, -0.15) is 0 Å². The Morgan fingerprint density at radius 2 is 1.13 bits per heavy atom. The van der Waals surface area contributed by atoms with E-state index in [1.54, 1.807) is 6.92 Å². The van der Waals surface area contributed by atoms with E-state index >= 15 is 0 Å². The Morgan fingerprint density at radius 3 is 1.42 bits per heavy atom. The first-order valence-electron chi connectivity index (χ1n) is 11.5. The highest BCUT2D eigenvalue weighted by Gasteiger charge is 2.56. The molecule has 0 saturated heterocycles. The number of amides is 1. The molecule has 0 bridgehead atoms. The van der Waals surface area contributed by atoms with Gasteiger partial charge >= 0.3 is 8.80 Å². The van der Waals surface area contributed by atoms with Gasteiger partial charge in [-0.25, -0.2) is 0 Å². The van der Waals surface area contributed by atoms with Crippen LogP contribution in [-0.4, -0.2) is 60.4 Å². The maximum Gasteiger partial charge on any atom is 0.469 e. The van der Waals surface area contributed by atoms with Gasteiger partial charge in [-0.1, -0.05) is 45.9 Å². The highest BCUT2D eigenvalue weighted by atomic mass is 29.3. The van der Waals surface area contributed by atoms with Crippen molar-refractivity contribution < 1.29 is 17.1 Å². The van der Waals surface area contributed by atoms with Crippen molar-refractivity contribution in [1.29, 1.82) is 0 Å². The lowest BCUT2D eigenvalue weighted by atomic mass is 10.3. The zero-order valence-electron chi connectivity index (χ0n) is 23.0. The molecule has 0 aromatic carbocycles. The van der Waals surface area contributed by atoms with Crippen LogP contribution in [0.4, 0.5) is 0 Å². The number of hydrogen-bond donors (Lipinski definition) is 1. The Balaban J connectivity index is 6.12. The van der Waals surface area contributed by atoms with Crippen LogP contribution in [0, 0.1) is 0 Å². The number of nitrogens with one attached hydrogen (secondary N) is 1. The van der Waals surface area contributed by atoms with E-state index in [9.17, 15) is 4.79 Å². The second-order valence-corrected chi connectivity index (χ2v) is 52.6. The third kappa shape index (κ3) is 10.5. The Bertz CT molecular complexity index is 605. The summed E-state index contributed by atoms with van der Waals surface area (Å²) in [6.07, 6.45) is 0.794. The maximum absolute atomic E-state index is 12.0. The molecule has 0 radical (unpaired) electrons. The molecule has 31 heavy (non-hydrogen) atoms. The van der Waals surface area contributed by atoms with Crippen LogP contribution in [0.25, 0.3) is 0 Å². The first-order valence-corrected chi connectivity index (χ1v) is 31.6. The average molecular weight is 538 g/mol. The Labute approximate surface area is 199 Å². The molecule has 1 N–H and O–H groups in total. The summed E-state index contributed by atoms with van der Waals surface area (Å²) in [4.78, 5) is 12.0. The summed E-state index contributed by atoms with van der Waals surface area (Å²) >= 11 is 0. The second kappa shape index (κ2) is 10.8. The van der Waals surface area contributed by atoms with Gasteiger partial charge in [0, 0.05) is 18.2 Å². The van der Waals surface area contributed by atoms with Crippen molar-refractivity contribution in [3.8, 4) is 0 Å². The topological polar surface area (TPSA) is 56.8 Å². The van der Waals surface area contributed by atoms with E-state index in [1.807, 2.05) is 0 Å². The van der Waals surface area contributed by atoms with Gasteiger partial charge in [0.05, 0.1) is 15.2 Å². The molecule has 1 amide bonds. The summed E-state index contributed by atoms with van der Waals surface area (Å²) in [7, 11) is -11.9. The van der Waals surface area contributed by atoms with Gasteiger partial charge in [-0.05, 0) is 59.2 Å². The van der Waals surface area contributed by atoms with Gasteiger partial charge in [0.1, 0.15) is 0 Å². The van der Waals surface area contributed by atoms with Gasteiger partial charge in [0.15, 0.2) is 24.0 Å². The van der Waals surface area contributed by atoms with Crippen molar-refractivity contribution in [3.05, 3.63) is 12.2 Å². The van der Waals surface area contributed by atoms with Gasteiger partial charge in [0.2, 0.25) is 5.91 Å². The highest BCUT2D eigenvalue weighted by molar-refractivity contribution is 7.40. The molecule has 0 spiro atoms. The molecule has 0 aliphatic heterocycles. The molecule has 0 saturated carbocycles. The lowest BCUT2D eigenvalue weighted by Crippen LogP contribution is -2.70. The lowest BCUT2D eigenvalue weighted by molar-refractivity contribution is -0.117. The fourth-order valence-electron chi connectivity index (χ4n) is 2.42. The molecule has 184 valence electrons. The van der Waals surface area contributed by atoms with E-state index in [0.717, 1.165) is 12.5 Å². The number of carbonyl (C=O) groups is 1. The molecule has 0 fully saturated rings. The minimum Gasteiger partial charge on any atom is -0.419 e. The molecule has 0 heterocycles. The summed E-state index contributed by atoms with van der Waals surface area (Å²) < 4.78 is 21.4.